The van der Waals surface area contributed by atoms with Gasteiger partial charge in [-0.25, -0.2) is 8.42 Å². The maximum absolute atomic E-state index is 13.7. The molecule has 13 heteroatoms. The van der Waals surface area contributed by atoms with Gasteiger partial charge in [-0.2, -0.15) is 9.40 Å². The molecule has 0 radical (unpaired) electrons. The predicted octanol–water partition coefficient (Wildman–Crippen LogP) is 2.01. The van der Waals surface area contributed by atoms with E-state index in [1.165, 1.54) is 11.4 Å². The summed E-state index contributed by atoms with van der Waals surface area (Å²) in [6.45, 7) is 3.66. The fourth-order valence-corrected chi connectivity index (χ4v) is 7.32. The number of nitrogens with zero attached hydrogens (tertiary/aromatic N) is 3. The summed E-state index contributed by atoms with van der Waals surface area (Å²) >= 11 is 0. The zero-order valence-corrected chi connectivity index (χ0v) is 25.6. The average molecular weight is 612 g/mol. The minimum atomic E-state index is -3.89. The van der Waals surface area contributed by atoms with Crippen molar-refractivity contribution in [1.82, 2.24) is 24.7 Å². The van der Waals surface area contributed by atoms with Crippen LogP contribution in [0, 0.1) is 13.8 Å². The molecule has 8 rings (SSSR count). The fraction of sp³-hybridized carbons (Fsp3) is 0.433. The predicted molar refractivity (Wildman–Crippen MR) is 158 cm³/mol. The van der Waals surface area contributed by atoms with E-state index in [4.69, 9.17) is 14.2 Å². The molecule has 5 aliphatic heterocycles. The van der Waals surface area contributed by atoms with Crippen LogP contribution in [0.3, 0.4) is 0 Å². The fourth-order valence-electron chi connectivity index (χ4n) is 5.44. The number of sulfonamides is 1. The number of carbonyl (C=O) groups is 2. The van der Waals surface area contributed by atoms with E-state index in [-0.39, 0.29) is 30.5 Å². The third-order valence-electron chi connectivity index (χ3n) is 7.83. The van der Waals surface area contributed by atoms with Crippen molar-refractivity contribution in [2.24, 2.45) is 7.05 Å². The number of aromatic nitrogens is 2. The van der Waals surface area contributed by atoms with Crippen LogP contribution < -0.4 is 24.8 Å². The van der Waals surface area contributed by atoms with Crippen molar-refractivity contribution < 1.29 is 32.2 Å². The van der Waals surface area contributed by atoms with Gasteiger partial charge in [0.05, 0.1) is 24.5 Å². The lowest BCUT2D eigenvalue weighted by Crippen LogP contribution is -2.58. The maximum Gasteiger partial charge on any atom is 0.258 e. The Hall–Kier alpha value is -4.10. The van der Waals surface area contributed by atoms with Gasteiger partial charge in [-0.3, -0.25) is 14.3 Å². The smallest absolute Gasteiger partial charge is 0.258 e. The van der Waals surface area contributed by atoms with Crippen LogP contribution in [0.25, 0.3) is 0 Å². The molecule has 6 heterocycles. The maximum atomic E-state index is 13.7. The topological polar surface area (TPSA) is 141 Å². The third-order valence-corrected chi connectivity index (χ3v) is 9.95. The highest BCUT2D eigenvalue weighted by Crippen LogP contribution is 2.30. The first kappa shape index (κ1) is 30.4. The second-order valence-electron chi connectivity index (χ2n) is 10.8. The van der Waals surface area contributed by atoms with Gasteiger partial charge in [-0.15, -0.1) is 0 Å². The van der Waals surface area contributed by atoms with Crippen molar-refractivity contribution in [3.8, 4) is 17.2 Å². The van der Waals surface area contributed by atoms with Crippen LogP contribution in [0.2, 0.25) is 0 Å². The number of nitrogens with one attached hydrogen (secondary N) is 2. The highest BCUT2D eigenvalue weighted by atomic mass is 32.2. The normalized spacial score (nSPS) is 20.4. The van der Waals surface area contributed by atoms with Crippen molar-refractivity contribution >= 4 is 21.8 Å². The van der Waals surface area contributed by atoms with Crippen molar-refractivity contribution in [3.63, 3.8) is 0 Å². The minimum absolute atomic E-state index is 0.00858. The number of methoxy groups -OCH3 is 1. The second kappa shape index (κ2) is 12.6. The van der Waals surface area contributed by atoms with E-state index in [0.717, 1.165) is 11.1 Å². The minimum Gasteiger partial charge on any atom is -0.493 e. The Bertz CT molecular complexity index is 1600. The second-order valence-corrected chi connectivity index (χ2v) is 12.7. The molecule has 2 N–H and O–H groups in total. The Morgan fingerprint density at radius 2 is 1.77 bits per heavy atom. The summed E-state index contributed by atoms with van der Waals surface area (Å²) < 4.78 is 48.0. The van der Waals surface area contributed by atoms with Gasteiger partial charge >= 0.3 is 0 Å². The molecule has 0 spiro atoms. The highest BCUT2D eigenvalue weighted by molar-refractivity contribution is 7.89. The molecule has 0 unspecified atom stereocenters. The molecule has 5 aliphatic rings. The number of benzene rings is 2. The Balaban J connectivity index is 1.42. The van der Waals surface area contributed by atoms with Gasteiger partial charge in [-0.05, 0) is 55.7 Å². The van der Waals surface area contributed by atoms with E-state index >= 15 is 0 Å². The molecule has 1 saturated heterocycles. The van der Waals surface area contributed by atoms with Gasteiger partial charge in [-0.1, -0.05) is 18.2 Å². The monoisotopic (exact) mass is 611 g/mol. The van der Waals surface area contributed by atoms with E-state index in [1.54, 1.807) is 49.8 Å². The van der Waals surface area contributed by atoms with Crippen LogP contribution in [0.15, 0.2) is 47.4 Å². The van der Waals surface area contributed by atoms with Crippen LogP contribution in [0.4, 0.5) is 0 Å². The molecule has 12 nitrogen and oxygen atoms in total. The Labute approximate surface area is 251 Å². The molecule has 0 saturated carbocycles. The zero-order valence-electron chi connectivity index (χ0n) is 24.8. The molecule has 4 bridgehead atoms. The van der Waals surface area contributed by atoms with E-state index in [9.17, 15) is 18.0 Å². The van der Waals surface area contributed by atoms with E-state index in [2.05, 4.69) is 15.7 Å². The summed E-state index contributed by atoms with van der Waals surface area (Å²) in [5, 5.41) is 10.2. The highest BCUT2D eigenvalue weighted by Gasteiger charge is 2.39. The third kappa shape index (κ3) is 6.78. The summed E-state index contributed by atoms with van der Waals surface area (Å²) in [5.41, 5.74) is 2.76. The van der Waals surface area contributed by atoms with E-state index < -0.39 is 28.1 Å². The average Bonchev–Trinajstić information content (AvgIpc) is 3.25. The van der Waals surface area contributed by atoms with Crippen LogP contribution in [-0.4, -0.2) is 73.3 Å². The Kier molecular flexibility index (Phi) is 8.92. The van der Waals surface area contributed by atoms with E-state index in [0.29, 0.717) is 54.4 Å². The molecule has 1 fully saturated rings. The summed E-state index contributed by atoms with van der Waals surface area (Å²) in [7, 11) is -0.675. The van der Waals surface area contributed by atoms with Crippen LogP contribution in [0.5, 0.6) is 17.2 Å². The number of ether oxygens (including phenoxy) is 3. The number of amides is 2. The molecular weight excluding hydrogens is 574 g/mol. The van der Waals surface area contributed by atoms with Crippen molar-refractivity contribution in [3.05, 3.63) is 65.0 Å². The number of carbonyl (C=O) groups excluding carboxylic acids is 2. The molecule has 43 heavy (non-hydrogen) atoms. The Morgan fingerprint density at radius 1 is 1.02 bits per heavy atom. The molecule has 2 amide bonds. The SMILES string of the molecule is COc1cc2ccc1OCC(=O)N[C@@H]1CN(S(=O)(=O)c3c(C)nn(C)c3C)CC[C@H]1Oc1ccc(cc1)CNC(=O)CC2. The zero-order chi connectivity index (χ0) is 30.7. The van der Waals surface area contributed by atoms with Gasteiger partial charge in [0.2, 0.25) is 15.9 Å². The van der Waals surface area contributed by atoms with Gasteiger partial charge in [0.25, 0.3) is 5.91 Å². The molecule has 3 aromatic rings. The van der Waals surface area contributed by atoms with Crippen molar-refractivity contribution in [2.45, 2.75) is 56.7 Å². The number of hydrogen-bond acceptors (Lipinski definition) is 8. The van der Waals surface area contributed by atoms with Crippen LogP contribution >= 0.6 is 0 Å². The first-order valence-corrected chi connectivity index (χ1v) is 15.6. The van der Waals surface area contributed by atoms with Crippen LogP contribution in [0.1, 0.15) is 35.4 Å². The molecule has 230 valence electrons. The summed E-state index contributed by atoms with van der Waals surface area (Å²) in [5.74, 6) is 0.886. The van der Waals surface area contributed by atoms with Crippen LogP contribution in [-0.2, 0) is 39.6 Å². The molecule has 1 aromatic heterocycles. The number of hydrogen-bond donors (Lipinski definition) is 2. The lowest BCUT2D eigenvalue weighted by molar-refractivity contribution is -0.125. The largest absolute Gasteiger partial charge is 0.493 e. The molecule has 2 aromatic carbocycles. The summed E-state index contributed by atoms with van der Waals surface area (Å²) in [6.07, 6.45) is 0.659. The van der Waals surface area contributed by atoms with Gasteiger partial charge in [0, 0.05) is 39.5 Å². The lowest BCUT2D eigenvalue weighted by Gasteiger charge is -2.38. The quantitative estimate of drug-likeness (QED) is 0.459. The number of rotatable bonds is 3. The molecule has 0 aliphatic carbocycles. The number of aryl methyl sites for hydroxylation is 3. The first-order valence-electron chi connectivity index (χ1n) is 14.2. The summed E-state index contributed by atoms with van der Waals surface area (Å²) in [6, 6.07) is 12.0. The van der Waals surface area contributed by atoms with Crippen molar-refractivity contribution in [1.29, 1.82) is 0 Å². The van der Waals surface area contributed by atoms with Gasteiger partial charge in [0.1, 0.15) is 16.7 Å². The summed E-state index contributed by atoms with van der Waals surface area (Å²) in [4.78, 5) is 25.8. The van der Waals surface area contributed by atoms with Gasteiger partial charge in [0.15, 0.2) is 18.1 Å². The number of piperidine rings is 1. The molecule has 2 atom stereocenters. The van der Waals surface area contributed by atoms with Gasteiger partial charge < -0.3 is 24.8 Å². The Morgan fingerprint density at radius 3 is 2.47 bits per heavy atom. The van der Waals surface area contributed by atoms with E-state index in [1.807, 2.05) is 18.2 Å². The lowest BCUT2D eigenvalue weighted by atomic mass is 10.0. The first-order chi connectivity index (χ1) is 20.5. The molecular formula is C30H37N5O7S. The van der Waals surface area contributed by atoms with Crippen molar-refractivity contribution in [2.75, 3.05) is 26.8 Å². The standard InChI is InChI=1S/C30H37N5O7S/c1-19-30(20(2)34(3)33-19)43(38,39)35-14-13-25-24(17-35)32-29(37)18-41-26-11-7-21(15-27(26)40-4)8-12-28(36)31-16-22-5-9-23(42-25)10-6-22/h5-7,9-11,15,24-25H,8,12-14,16-18H2,1-4H3,(H,31,36)(H,32,37)/t24-,25-/m1/s1.